The van der Waals surface area contributed by atoms with Crippen LogP contribution in [0.3, 0.4) is 0 Å². The Hall–Kier alpha value is -3.30. The summed E-state index contributed by atoms with van der Waals surface area (Å²) in [5, 5.41) is 5.18. The largest absolute Gasteiger partial charge is 0.382 e. The highest BCUT2D eigenvalue weighted by atomic mass is 32.1. The molecule has 0 spiro atoms. The highest BCUT2D eigenvalue weighted by Crippen LogP contribution is 2.34. The highest BCUT2D eigenvalue weighted by Gasteiger charge is 2.24. The summed E-state index contributed by atoms with van der Waals surface area (Å²) in [5.41, 5.74) is 9.22. The van der Waals surface area contributed by atoms with Gasteiger partial charge in [-0.15, -0.1) is 11.3 Å². The number of anilines is 2. The number of nitrogens with zero attached hydrogens (tertiary/aromatic N) is 4. The Kier molecular flexibility index (Phi) is 4.89. The number of imidazole rings is 1. The zero-order chi connectivity index (χ0) is 20.5. The quantitative estimate of drug-likeness (QED) is 0.522. The molecule has 0 saturated carbocycles. The van der Waals surface area contributed by atoms with E-state index in [-0.39, 0.29) is 5.91 Å². The van der Waals surface area contributed by atoms with Gasteiger partial charge in [-0.3, -0.25) is 14.5 Å². The van der Waals surface area contributed by atoms with E-state index in [1.165, 1.54) is 11.3 Å². The summed E-state index contributed by atoms with van der Waals surface area (Å²) in [6.45, 7) is 1.47. The van der Waals surface area contributed by atoms with Gasteiger partial charge in [-0.25, -0.2) is 15.0 Å². The van der Waals surface area contributed by atoms with Gasteiger partial charge in [-0.2, -0.15) is 0 Å². The van der Waals surface area contributed by atoms with Gasteiger partial charge in [0.15, 0.2) is 5.13 Å². The summed E-state index contributed by atoms with van der Waals surface area (Å²) in [4.78, 5) is 25.7. The van der Waals surface area contributed by atoms with E-state index in [1.807, 2.05) is 28.1 Å². The predicted molar refractivity (Wildman–Crippen MR) is 116 cm³/mol. The number of nitrogens with two attached hydrogens (primary N) is 1. The molecule has 0 bridgehead atoms. The van der Waals surface area contributed by atoms with Crippen LogP contribution in [-0.2, 0) is 4.74 Å². The van der Waals surface area contributed by atoms with E-state index in [4.69, 9.17) is 15.5 Å². The Labute approximate surface area is 176 Å². The number of ether oxygens (including phenoxy) is 1. The second kappa shape index (κ2) is 7.85. The van der Waals surface area contributed by atoms with Gasteiger partial charge in [-0.05, 0) is 25.0 Å². The van der Waals surface area contributed by atoms with Crippen molar-refractivity contribution in [2.45, 2.75) is 18.8 Å². The summed E-state index contributed by atoms with van der Waals surface area (Å²) in [6, 6.07) is 7.34. The van der Waals surface area contributed by atoms with Crippen LogP contribution < -0.4 is 11.1 Å². The van der Waals surface area contributed by atoms with E-state index in [1.54, 1.807) is 24.5 Å². The molecule has 4 heterocycles. The van der Waals surface area contributed by atoms with Crippen molar-refractivity contribution in [1.29, 1.82) is 0 Å². The number of rotatable bonds is 4. The first-order valence-electron chi connectivity index (χ1n) is 9.72. The highest BCUT2D eigenvalue weighted by molar-refractivity contribution is 7.13. The minimum absolute atomic E-state index is 0.199. The first-order valence-corrected chi connectivity index (χ1v) is 10.6. The first kappa shape index (κ1) is 18.7. The molecule has 1 saturated heterocycles. The second-order valence-electron chi connectivity index (χ2n) is 7.11. The molecule has 0 unspecified atom stereocenters. The zero-order valence-electron chi connectivity index (χ0n) is 16.1. The SMILES string of the molecule is Nc1nccn2c(C3CCOCC3)nc(-c3ccc(C(=O)Nc4nccs4)cc3)c12. The molecule has 3 N–H and O–H groups in total. The lowest BCUT2D eigenvalue weighted by Gasteiger charge is -2.20. The van der Waals surface area contributed by atoms with Gasteiger partial charge >= 0.3 is 0 Å². The number of hydrogen-bond donors (Lipinski definition) is 2. The Bertz CT molecular complexity index is 1180. The lowest BCUT2D eigenvalue weighted by Crippen LogP contribution is -2.16. The molecule has 9 heteroatoms. The molecule has 5 rings (SSSR count). The van der Waals surface area contributed by atoms with Crippen molar-refractivity contribution in [3.63, 3.8) is 0 Å². The number of carbonyl (C=O) groups is 1. The van der Waals surface area contributed by atoms with E-state index in [0.717, 1.165) is 48.7 Å². The maximum absolute atomic E-state index is 12.4. The Morgan fingerprint density at radius 3 is 2.70 bits per heavy atom. The second-order valence-corrected chi connectivity index (χ2v) is 8.00. The maximum Gasteiger partial charge on any atom is 0.257 e. The van der Waals surface area contributed by atoms with Crippen LogP contribution in [0.15, 0.2) is 48.2 Å². The van der Waals surface area contributed by atoms with Crippen LogP contribution in [0, 0.1) is 0 Å². The topological polar surface area (TPSA) is 107 Å². The molecule has 8 nitrogen and oxygen atoms in total. The van der Waals surface area contributed by atoms with Crippen molar-refractivity contribution in [2.24, 2.45) is 0 Å². The molecule has 4 aromatic rings. The van der Waals surface area contributed by atoms with Crippen molar-refractivity contribution in [3.05, 3.63) is 59.6 Å². The lowest BCUT2D eigenvalue weighted by atomic mass is 9.99. The zero-order valence-corrected chi connectivity index (χ0v) is 16.9. The van der Waals surface area contributed by atoms with Crippen LogP contribution in [0.2, 0.25) is 0 Å². The van der Waals surface area contributed by atoms with Gasteiger partial charge < -0.3 is 10.5 Å². The minimum Gasteiger partial charge on any atom is -0.382 e. The minimum atomic E-state index is -0.199. The number of benzene rings is 1. The monoisotopic (exact) mass is 420 g/mol. The molecule has 30 heavy (non-hydrogen) atoms. The number of fused-ring (bicyclic) bond motifs is 1. The van der Waals surface area contributed by atoms with Crippen molar-refractivity contribution in [1.82, 2.24) is 19.4 Å². The number of thiazole rings is 1. The standard InChI is InChI=1S/C21H20N6O2S/c22-18-17-16(25-19(27(17)9-7-23-18)14-5-10-29-11-6-14)13-1-3-15(4-2-13)20(28)26-21-24-8-12-30-21/h1-4,7-9,12,14H,5-6,10-11H2,(H2,22,23)(H,24,26,28). The van der Waals surface area contributed by atoms with E-state index >= 15 is 0 Å². The van der Waals surface area contributed by atoms with Crippen molar-refractivity contribution >= 4 is 33.7 Å². The van der Waals surface area contributed by atoms with E-state index in [0.29, 0.717) is 22.4 Å². The Morgan fingerprint density at radius 1 is 1.17 bits per heavy atom. The molecule has 0 radical (unpaired) electrons. The van der Waals surface area contributed by atoms with Crippen molar-refractivity contribution in [3.8, 4) is 11.3 Å². The summed E-state index contributed by atoms with van der Waals surface area (Å²) in [5.74, 6) is 1.52. The smallest absolute Gasteiger partial charge is 0.257 e. The molecule has 1 aliphatic rings. The molecule has 3 aromatic heterocycles. The molecular formula is C21H20N6O2S. The van der Waals surface area contributed by atoms with Crippen LogP contribution >= 0.6 is 11.3 Å². The molecule has 1 aliphatic heterocycles. The van der Waals surface area contributed by atoms with Crippen LogP contribution in [0.5, 0.6) is 0 Å². The van der Waals surface area contributed by atoms with Gasteiger partial charge in [-0.1, -0.05) is 12.1 Å². The van der Waals surface area contributed by atoms with Gasteiger partial charge in [0.25, 0.3) is 5.91 Å². The fourth-order valence-electron chi connectivity index (χ4n) is 3.77. The first-order chi connectivity index (χ1) is 14.7. The Balaban J connectivity index is 1.50. The third kappa shape index (κ3) is 3.42. The number of hydrogen-bond acceptors (Lipinski definition) is 7. The predicted octanol–water partition coefficient (Wildman–Crippen LogP) is 3.58. The number of amides is 1. The number of nitrogen functional groups attached to an aromatic ring is 1. The Morgan fingerprint density at radius 2 is 1.97 bits per heavy atom. The molecule has 0 aliphatic carbocycles. The van der Waals surface area contributed by atoms with Crippen molar-refractivity contribution in [2.75, 3.05) is 24.3 Å². The van der Waals surface area contributed by atoms with Crippen molar-refractivity contribution < 1.29 is 9.53 Å². The maximum atomic E-state index is 12.4. The molecule has 152 valence electrons. The van der Waals surface area contributed by atoms with Gasteiger partial charge in [0.2, 0.25) is 0 Å². The summed E-state index contributed by atoms with van der Waals surface area (Å²) >= 11 is 1.38. The van der Waals surface area contributed by atoms with Crippen LogP contribution in [0.4, 0.5) is 10.9 Å². The van der Waals surface area contributed by atoms with Crippen LogP contribution in [0.25, 0.3) is 16.8 Å². The summed E-state index contributed by atoms with van der Waals surface area (Å²) in [6.07, 6.45) is 7.11. The number of carbonyl (C=O) groups excluding carboxylic acids is 1. The summed E-state index contributed by atoms with van der Waals surface area (Å²) in [7, 11) is 0. The molecular weight excluding hydrogens is 400 g/mol. The molecule has 1 amide bonds. The van der Waals surface area contributed by atoms with E-state index < -0.39 is 0 Å². The van der Waals surface area contributed by atoms with Gasteiger partial charge in [0.1, 0.15) is 22.9 Å². The molecule has 1 aromatic carbocycles. The fraction of sp³-hybridized carbons (Fsp3) is 0.238. The van der Waals surface area contributed by atoms with Crippen LogP contribution in [-0.4, -0.2) is 38.5 Å². The summed E-state index contributed by atoms with van der Waals surface area (Å²) < 4.78 is 7.54. The number of aromatic nitrogens is 4. The molecule has 1 fully saturated rings. The third-order valence-electron chi connectivity index (χ3n) is 5.27. The van der Waals surface area contributed by atoms with Gasteiger partial charge in [0.05, 0.1) is 0 Å². The average molecular weight is 420 g/mol. The van der Waals surface area contributed by atoms with Crippen LogP contribution in [0.1, 0.15) is 34.9 Å². The molecule has 0 atom stereocenters. The van der Waals surface area contributed by atoms with Gasteiger partial charge in [0, 0.05) is 54.2 Å². The average Bonchev–Trinajstić information content (AvgIpc) is 3.43. The van der Waals surface area contributed by atoms with E-state index in [9.17, 15) is 4.79 Å². The third-order valence-corrected chi connectivity index (χ3v) is 5.96. The fourth-order valence-corrected chi connectivity index (χ4v) is 4.29. The normalized spacial score (nSPS) is 14.8. The lowest BCUT2D eigenvalue weighted by molar-refractivity contribution is 0.0835. The van der Waals surface area contributed by atoms with E-state index in [2.05, 4.69) is 15.3 Å². The number of nitrogens with one attached hydrogen (secondary N) is 1.